The van der Waals surface area contributed by atoms with E-state index in [1.165, 1.54) is 0 Å². The van der Waals surface area contributed by atoms with Gasteiger partial charge >= 0.3 is 5.69 Å². The Morgan fingerprint density at radius 1 is 1.00 bits per heavy atom. The average Bonchev–Trinajstić information content (AvgIpc) is 2.29. The van der Waals surface area contributed by atoms with E-state index in [0.717, 1.165) is 5.56 Å². The van der Waals surface area contributed by atoms with Crippen molar-refractivity contribution < 1.29 is 0 Å². The Kier molecular flexibility index (Phi) is 3.05. The van der Waals surface area contributed by atoms with E-state index >= 15 is 0 Å². The molecule has 1 aromatic carbocycles. The third-order valence-electron chi connectivity index (χ3n) is 2.42. The molecule has 0 unspecified atom stereocenters. The largest absolute Gasteiger partial charge is 0.325 e. The monoisotopic (exact) mass is 228 g/mol. The molecule has 0 atom stereocenters. The SMILES string of the molecule is Cc1[nH]c(=O)[nH]c(=O)c1/C=C/c1ccccc1. The van der Waals surface area contributed by atoms with Crippen molar-refractivity contribution >= 4 is 12.2 Å². The minimum Gasteiger partial charge on any atom is -0.311 e. The standard InChI is InChI=1S/C13H12N2O2/c1-9-11(12(16)15-13(17)14-9)8-7-10-5-3-2-4-6-10/h2-8H,1H3,(H2,14,15,16,17)/b8-7+. The Balaban J connectivity index is 2.41. The summed E-state index contributed by atoms with van der Waals surface area (Å²) >= 11 is 0. The summed E-state index contributed by atoms with van der Waals surface area (Å²) in [6.07, 6.45) is 3.52. The Morgan fingerprint density at radius 2 is 1.71 bits per heavy atom. The lowest BCUT2D eigenvalue weighted by Crippen LogP contribution is -2.25. The molecule has 86 valence electrons. The first-order valence-corrected chi connectivity index (χ1v) is 5.23. The Labute approximate surface area is 97.7 Å². The number of hydrogen-bond acceptors (Lipinski definition) is 2. The van der Waals surface area contributed by atoms with Gasteiger partial charge in [0.2, 0.25) is 0 Å². The number of rotatable bonds is 2. The van der Waals surface area contributed by atoms with E-state index in [4.69, 9.17) is 0 Å². The maximum atomic E-state index is 11.6. The number of H-pyrrole nitrogens is 2. The van der Waals surface area contributed by atoms with Gasteiger partial charge in [0.15, 0.2) is 0 Å². The van der Waals surface area contributed by atoms with E-state index < -0.39 is 5.69 Å². The highest BCUT2D eigenvalue weighted by molar-refractivity contribution is 5.69. The molecule has 0 aliphatic heterocycles. The van der Waals surface area contributed by atoms with Gasteiger partial charge in [0.25, 0.3) is 5.56 Å². The maximum absolute atomic E-state index is 11.6. The zero-order valence-electron chi connectivity index (χ0n) is 9.36. The van der Waals surface area contributed by atoms with Gasteiger partial charge in [0.05, 0.1) is 5.56 Å². The first-order chi connectivity index (χ1) is 8.16. The lowest BCUT2D eigenvalue weighted by molar-refractivity contribution is 0.986. The second-order valence-electron chi connectivity index (χ2n) is 3.69. The van der Waals surface area contributed by atoms with Gasteiger partial charge in [-0.3, -0.25) is 9.78 Å². The Morgan fingerprint density at radius 3 is 2.35 bits per heavy atom. The van der Waals surface area contributed by atoms with Crippen LogP contribution in [0.2, 0.25) is 0 Å². The van der Waals surface area contributed by atoms with Gasteiger partial charge in [-0.05, 0) is 18.6 Å². The van der Waals surface area contributed by atoms with Gasteiger partial charge in [-0.25, -0.2) is 4.79 Å². The van der Waals surface area contributed by atoms with E-state index in [0.29, 0.717) is 11.3 Å². The minimum absolute atomic E-state index is 0.376. The molecule has 0 saturated carbocycles. The summed E-state index contributed by atoms with van der Waals surface area (Å²) in [6.45, 7) is 1.70. The zero-order valence-corrected chi connectivity index (χ0v) is 9.36. The highest BCUT2D eigenvalue weighted by Gasteiger charge is 2.01. The molecule has 1 heterocycles. The molecule has 4 nitrogen and oxygen atoms in total. The molecule has 0 amide bonds. The summed E-state index contributed by atoms with van der Waals surface area (Å²) in [5.41, 5.74) is 1.17. The summed E-state index contributed by atoms with van der Waals surface area (Å²) in [6, 6.07) is 9.64. The lowest BCUT2D eigenvalue weighted by Gasteiger charge is -1.97. The highest BCUT2D eigenvalue weighted by atomic mass is 16.2. The molecule has 0 bridgehead atoms. The second kappa shape index (κ2) is 4.65. The molecule has 2 N–H and O–H groups in total. The molecule has 1 aromatic heterocycles. The van der Waals surface area contributed by atoms with Crippen molar-refractivity contribution in [2.24, 2.45) is 0 Å². The van der Waals surface area contributed by atoms with Gasteiger partial charge in [0.1, 0.15) is 0 Å². The van der Waals surface area contributed by atoms with Crippen molar-refractivity contribution in [2.75, 3.05) is 0 Å². The zero-order chi connectivity index (χ0) is 12.3. The van der Waals surface area contributed by atoms with Crippen molar-refractivity contribution in [3.8, 4) is 0 Å². The van der Waals surface area contributed by atoms with Crippen LogP contribution in [0.4, 0.5) is 0 Å². The molecule has 2 aromatic rings. The van der Waals surface area contributed by atoms with Crippen molar-refractivity contribution in [1.82, 2.24) is 9.97 Å². The fourth-order valence-electron chi connectivity index (χ4n) is 1.55. The number of benzene rings is 1. The molecule has 0 fully saturated rings. The number of aromatic nitrogens is 2. The molecule has 0 radical (unpaired) electrons. The third-order valence-corrected chi connectivity index (χ3v) is 2.42. The molecular weight excluding hydrogens is 216 g/mol. The minimum atomic E-state index is -0.482. The quantitative estimate of drug-likeness (QED) is 0.818. The Hall–Kier alpha value is -2.36. The van der Waals surface area contributed by atoms with Gasteiger partial charge in [-0.15, -0.1) is 0 Å². The van der Waals surface area contributed by atoms with Crippen LogP contribution in [-0.2, 0) is 0 Å². The predicted molar refractivity (Wildman–Crippen MR) is 67.8 cm³/mol. The fraction of sp³-hybridized carbons (Fsp3) is 0.0769. The number of nitrogens with one attached hydrogen (secondary N) is 2. The topological polar surface area (TPSA) is 65.7 Å². The smallest absolute Gasteiger partial charge is 0.311 e. The molecule has 4 heteroatoms. The first kappa shape index (κ1) is 11.1. The lowest BCUT2D eigenvalue weighted by atomic mass is 10.1. The molecule has 0 spiro atoms. The summed E-state index contributed by atoms with van der Waals surface area (Å²) in [7, 11) is 0. The van der Waals surface area contributed by atoms with Gasteiger partial charge in [-0.2, -0.15) is 0 Å². The van der Waals surface area contributed by atoms with Crippen LogP contribution in [0.25, 0.3) is 12.2 Å². The normalized spacial score (nSPS) is 10.9. The van der Waals surface area contributed by atoms with Gasteiger partial charge < -0.3 is 4.98 Å². The molecule has 0 aliphatic rings. The van der Waals surface area contributed by atoms with Crippen molar-refractivity contribution in [3.63, 3.8) is 0 Å². The van der Waals surface area contributed by atoms with E-state index in [9.17, 15) is 9.59 Å². The molecule has 2 rings (SSSR count). The van der Waals surface area contributed by atoms with Crippen LogP contribution in [-0.4, -0.2) is 9.97 Å². The molecule has 17 heavy (non-hydrogen) atoms. The average molecular weight is 228 g/mol. The number of hydrogen-bond donors (Lipinski definition) is 2. The molecular formula is C13H12N2O2. The van der Waals surface area contributed by atoms with Crippen molar-refractivity contribution in [1.29, 1.82) is 0 Å². The van der Waals surface area contributed by atoms with Gasteiger partial charge in [0, 0.05) is 5.69 Å². The third kappa shape index (κ3) is 2.60. The summed E-state index contributed by atoms with van der Waals surface area (Å²) in [5, 5.41) is 0. The number of aromatic amines is 2. The first-order valence-electron chi connectivity index (χ1n) is 5.23. The van der Waals surface area contributed by atoms with Gasteiger partial charge in [-0.1, -0.05) is 36.4 Å². The fourth-order valence-corrected chi connectivity index (χ4v) is 1.55. The molecule has 0 saturated heterocycles. The maximum Gasteiger partial charge on any atom is 0.325 e. The summed E-state index contributed by atoms with van der Waals surface area (Å²) in [5.74, 6) is 0. The van der Waals surface area contributed by atoms with Crippen LogP contribution in [0.15, 0.2) is 39.9 Å². The van der Waals surface area contributed by atoms with Crippen LogP contribution >= 0.6 is 0 Å². The highest BCUT2D eigenvalue weighted by Crippen LogP contribution is 2.05. The Bertz CT molecular complexity index is 651. The van der Waals surface area contributed by atoms with Crippen LogP contribution in [0.3, 0.4) is 0 Å². The van der Waals surface area contributed by atoms with Crippen LogP contribution in [0.5, 0.6) is 0 Å². The van der Waals surface area contributed by atoms with Crippen molar-refractivity contribution in [3.05, 3.63) is 68.0 Å². The predicted octanol–water partition coefficient (Wildman–Crippen LogP) is 1.54. The summed E-state index contributed by atoms with van der Waals surface area (Å²) in [4.78, 5) is 27.3. The van der Waals surface area contributed by atoms with Crippen LogP contribution < -0.4 is 11.2 Å². The van der Waals surface area contributed by atoms with E-state index in [1.54, 1.807) is 13.0 Å². The van der Waals surface area contributed by atoms with Crippen molar-refractivity contribution in [2.45, 2.75) is 6.92 Å². The second-order valence-corrected chi connectivity index (χ2v) is 3.69. The number of aryl methyl sites for hydroxylation is 1. The van der Waals surface area contributed by atoms with Crippen LogP contribution in [0.1, 0.15) is 16.8 Å². The van der Waals surface area contributed by atoms with E-state index in [2.05, 4.69) is 9.97 Å². The van der Waals surface area contributed by atoms with Crippen LogP contribution in [0, 0.1) is 6.92 Å². The van der Waals surface area contributed by atoms with E-state index in [-0.39, 0.29) is 5.56 Å². The summed E-state index contributed by atoms with van der Waals surface area (Å²) < 4.78 is 0. The van der Waals surface area contributed by atoms with E-state index in [1.807, 2.05) is 36.4 Å². The molecule has 0 aliphatic carbocycles.